The summed E-state index contributed by atoms with van der Waals surface area (Å²) in [5.41, 5.74) is 13.6. The van der Waals surface area contributed by atoms with Crippen molar-refractivity contribution in [2.45, 2.75) is 13.0 Å². The van der Waals surface area contributed by atoms with Gasteiger partial charge in [0.05, 0.1) is 17.1 Å². The van der Waals surface area contributed by atoms with Crippen LogP contribution < -0.4 is 11.1 Å². The molecule has 0 amide bonds. The van der Waals surface area contributed by atoms with E-state index in [1.807, 2.05) is 38.3 Å². The van der Waals surface area contributed by atoms with E-state index in [0.29, 0.717) is 5.82 Å². The molecule has 7 heteroatoms. The molecule has 0 bridgehead atoms. The lowest BCUT2D eigenvalue weighted by Gasteiger charge is -2.22. The van der Waals surface area contributed by atoms with Gasteiger partial charge >= 0.3 is 0 Å². The van der Waals surface area contributed by atoms with Crippen molar-refractivity contribution in [1.82, 2.24) is 19.5 Å². The van der Waals surface area contributed by atoms with E-state index < -0.39 is 0 Å². The van der Waals surface area contributed by atoms with Gasteiger partial charge in [-0.2, -0.15) is 0 Å². The van der Waals surface area contributed by atoms with Crippen molar-refractivity contribution in [3.63, 3.8) is 0 Å². The first kappa shape index (κ1) is 23.0. The van der Waals surface area contributed by atoms with Crippen LogP contribution in [0.2, 0.25) is 0 Å². The lowest BCUT2D eigenvalue weighted by molar-refractivity contribution is 0.926. The number of nitrogens with zero attached hydrogens (tertiary/aromatic N) is 4. The predicted octanol–water partition coefficient (Wildman–Crippen LogP) is 6.07. The van der Waals surface area contributed by atoms with Crippen LogP contribution in [-0.4, -0.2) is 25.7 Å². The van der Waals surface area contributed by atoms with Gasteiger partial charge < -0.3 is 21.0 Å². The van der Waals surface area contributed by atoms with E-state index in [-0.39, 0.29) is 6.04 Å². The van der Waals surface area contributed by atoms with Crippen LogP contribution in [0.4, 0.5) is 11.5 Å². The van der Waals surface area contributed by atoms with Crippen molar-refractivity contribution in [3.05, 3.63) is 103 Å². The van der Waals surface area contributed by atoms with Crippen LogP contribution in [0.3, 0.4) is 0 Å². The zero-order valence-electron chi connectivity index (χ0n) is 20.2. The molecule has 2 aromatic carbocycles. The summed E-state index contributed by atoms with van der Waals surface area (Å²) in [6.45, 7) is 1.98. The Morgan fingerprint density at radius 3 is 2.69 bits per heavy atom. The van der Waals surface area contributed by atoms with Gasteiger partial charge in [-0.25, -0.2) is 4.98 Å². The maximum atomic E-state index is 7.44. The molecule has 178 valence electrons. The Labute approximate surface area is 209 Å². The third-order valence-corrected chi connectivity index (χ3v) is 6.28. The van der Waals surface area contributed by atoms with Gasteiger partial charge in [0.1, 0.15) is 5.82 Å². The molecule has 0 spiro atoms. The smallest absolute Gasteiger partial charge is 0.123 e. The molecule has 1 atom stereocenters. The van der Waals surface area contributed by atoms with Gasteiger partial charge in [-0.3, -0.25) is 9.97 Å². The van der Waals surface area contributed by atoms with Crippen LogP contribution in [0.5, 0.6) is 0 Å². The van der Waals surface area contributed by atoms with E-state index >= 15 is 0 Å². The number of allylic oxidation sites excluding steroid dienone is 2. The second-order valence-corrected chi connectivity index (χ2v) is 8.56. The number of pyridine rings is 1. The van der Waals surface area contributed by atoms with Gasteiger partial charge in [-0.1, -0.05) is 30.4 Å². The Morgan fingerprint density at radius 2 is 1.92 bits per heavy atom. The number of anilines is 2. The van der Waals surface area contributed by atoms with Crippen molar-refractivity contribution in [1.29, 1.82) is 5.41 Å². The number of hydrogen-bond acceptors (Lipinski definition) is 6. The van der Waals surface area contributed by atoms with E-state index in [9.17, 15) is 0 Å². The molecule has 0 aliphatic rings. The second kappa shape index (κ2) is 9.84. The Balaban J connectivity index is 1.64. The fourth-order valence-corrected chi connectivity index (χ4v) is 4.44. The summed E-state index contributed by atoms with van der Waals surface area (Å²) in [5, 5.41) is 12.3. The SMILES string of the molecule is C/C=C(\C=C/C=N)C(Nc1cc(-c2ccc3ccn(C)c3c2)c2nccnc2c1)c1ccc(N)nc1. The lowest BCUT2D eigenvalue weighted by Crippen LogP contribution is -2.13. The molecule has 7 nitrogen and oxygen atoms in total. The molecule has 3 heterocycles. The number of nitrogen functional groups attached to an aromatic ring is 1. The van der Waals surface area contributed by atoms with Crippen LogP contribution >= 0.6 is 0 Å². The fourth-order valence-electron chi connectivity index (χ4n) is 4.44. The van der Waals surface area contributed by atoms with Gasteiger partial charge in [-0.05, 0) is 65.4 Å². The Morgan fingerprint density at radius 1 is 1.06 bits per heavy atom. The van der Waals surface area contributed by atoms with Crippen LogP contribution in [0, 0.1) is 5.41 Å². The first-order valence-electron chi connectivity index (χ1n) is 11.7. The molecule has 0 radical (unpaired) electrons. The van der Waals surface area contributed by atoms with E-state index in [0.717, 1.165) is 44.5 Å². The van der Waals surface area contributed by atoms with Gasteiger partial charge in [0.25, 0.3) is 0 Å². The highest BCUT2D eigenvalue weighted by Crippen LogP contribution is 2.35. The maximum Gasteiger partial charge on any atom is 0.123 e. The molecule has 4 N–H and O–H groups in total. The summed E-state index contributed by atoms with van der Waals surface area (Å²) in [4.78, 5) is 13.6. The molecular weight excluding hydrogens is 446 g/mol. The van der Waals surface area contributed by atoms with Gasteiger partial charge in [-0.15, -0.1) is 0 Å². The van der Waals surface area contributed by atoms with Crippen LogP contribution in [0.15, 0.2) is 97.1 Å². The number of benzene rings is 2. The van der Waals surface area contributed by atoms with Gasteiger partial charge in [0.2, 0.25) is 0 Å². The third-order valence-electron chi connectivity index (χ3n) is 6.28. The average Bonchev–Trinajstić information content (AvgIpc) is 3.28. The van der Waals surface area contributed by atoms with Crippen LogP contribution in [-0.2, 0) is 7.05 Å². The predicted molar refractivity (Wildman–Crippen MR) is 148 cm³/mol. The zero-order valence-corrected chi connectivity index (χ0v) is 20.2. The van der Waals surface area contributed by atoms with E-state index in [1.54, 1.807) is 30.7 Å². The monoisotopic (exact) mass is 473 g/mol. The molecular formula is C29H27N7. The number of rotatable bonds is 7. The molecule has 5 aromatic rings. The molecule has 5 rings (SSSR count). The molecule has 1 unspecified atom stereocenters. The van der Waals surface area contributed by atoms with Crippen LogP contribution in [0.1, 0.15) is 18.5 Å². The minimum atomic E-state index is -0.211. The molecule has 0 aliphatic carbocycles. The molecule has 36 heavy (non-hydrogen) atoms. The average molecular weight is 474 g/mol. The number of aryl methyl sites for hydroxylation is 1. The number of fused-ring (bicyclic) bond motifs is 2. The summed E-state index contributed by atoms with van der Waals surface area (Å²) >= 11 is 0. The first-order valence-corrected chi connectivity index (χ1v) is 11.7. The topological polar surface area (TPSA) is 106 Å². The third kappa shape index (κ3) is 4.46. The molecule has 0 fully saturated rings. The molecule has 0 aliphatic heterocycles. The number of nitrogens with two attached hydrogens (primary N) is 1. The molecule has 0 saturated carbocycles. The van der Waals surface area contributed by atoms with Crippen molar-refractivity contribution >= 4 is 39.7 Å². The van der Waals surface area contributed by atoms with Crippen molar-refractivity contribution in [2.75, 3.05) is 11.1 Å². The standard InChI is InChI=1S/C29H27N7/c1-3-19(5-4-11-30)28(22-8-9-27(31)34-18-22)35-23-16-24(29-25(17-23)32-12-13-33-29)21-7-6-20-10-14-36(2)26(20)15-21/h3-18,28,30,35H,1-2H3,(H2,31,34)/b5-4-,19-3+,30-11?. The van der Waals surface area contributed by atoms with Gasteiger partial charge in [0.15, 0.2) is 0 Å². The minimum absolute atomic E-state index is 0.211. The van der Waals surface area contributed by atoms with E-state index in [2.05, 4.69) is 61.4 Å². The summed E-state index contributed by atoms with van der Waals surface area (Å²) in [7, 11) is 2.05. The van der Waals surface area contributed by atoms with Crippen molar-refractivity contribution < 1.29 is 0 Å². The summed E-state index contributed by atoms with van der Waals surface area (Å²) < 4.78 is 2.12. The summed E-state index contributed by atoms with van der Waals surface area (Å²) in [5.74, 6) is 0.467. The highest BCUT2D eigenvalue weighted by Gasteiger charge is 2.17. The molecule has 3 aromatic heterocycles. The van der Waals surface area contributed by atoms with E-state index in [1.165, 1.54) is 11.6 Å². The van der Waals surface area contributed by atoms with Crippen LogP contribution in [0.25, 0.3) is 33.1 Å². The Bertz CT molecular complexity index is 1610. The normalized spacial score (nSPS) is 12.9. The van der Waals surface area contributed by atoms with Gasteiger partial charge in [0, 0.05) is 54.8 Å². The van der Waals surface area contributed by atoms with E-state index in [4.69, 9.17) is 11.1 Å². The maximum absolute atomic E-state index is 7.44. The quantitative estimate of drug-likeness (QED) is 0.196. The number of nitrogens with one attached hydrogen (secondary N) is 2. The minimum Gasteiger partial charge on any atom is -0.384 e. The highest BCUT2D eigenvalue weighted by molar-refractivity contribution is 5.97. The zero-order chi connectivity index (χ0) is 25.1. The highest BCUT2D eigenvalue weighted by atomic mass is 14.9. The van der Waals surface area contributed by atoms with Crippen molar-refractivity contribution in [3.8, 4) is 11.1 Å². The summed E-state index contributed by atoms with van der Waals surface area (Å²) in [6.07, 6.45) is 14.2. The Hall–Kier alpha value is -4.78. The fraction of sp³-hybridized carbons (Fsp3) is 0.103. The number of hydrogen-bond donors (Lipinski definition) is 3. The summed E-state index contributed by atoms with van der Waals surface area (Å²) in [6, 6.07) is 16.2. The lowest BCUT2D eigenvalue weighted by atomic mass is 9.97. The largest absolute Gasteiger partial charge is 0.384 e. The first-order chi connectivity index (χ1) is 17.6. The second-order valence-electron chi connectivity index (χ2n) is 8.56. The van der Waals surface area contributed by atoms with Crippen molar-refractivity contribution in [2.24, 2.45) is 7.05 Å². The molecule has 0 saturated heterocycles. The Kier molecular flexibility index (Phi) is 6.28. The number of aromatic nitrogens is 4.